The molecule has 116 valence electrons. The van der Waals surface area contributed by atoms with E-state index in [2.05, 4.69) is 16.8 Å². The van der Waals surface area contributed by atoms with Crippen molar-refractivity contribution < 1.29 is 14.2 Å². The maximum Gasteiger partial charge on any atom is 0.192 e. The fourth-order valence-electron chi connectivity index (χ4n) is 2.62. The molecule has 0 aromatic heterocycles. The van der Waals surface area contributed by atoms with Gasteiger partial charge in [0.25, 0.3) is 0 Å². The summed E-state index contributed by atoms with van der Waals surface area (Å²) in [5.74, 6) is 1.96. The Labute approximate surface area is 125 Å². The lowest BCUT2D eigenvalue weighted by Gasteiger charge is -2.36. The molecule has 0 aliphatic carbocycles. The van der Waals surface area contributed by atoms with E-state index in [-0.39, 0.29) is 5.54 Å². The molecule has 0 bridgehead atoms. The summed E-state index contributed by atoms with van der Waals surface area (Å²) in [5, 5.41) is 0. The Morgan fingerprint density at radius 3 is 2.57 bits per heavy atom. The number of hydrogen-bond donors (Lipinski definition) is 1. The molecule has 0 saturated heterocycles. The molecule has 1 atom stereocenters. The zero-order chi connectivity index (χ0) is 15.5. The summed E-state index contributed by atoms with van der Waals surface area (Å²) in [5.41, 5.74) is 6.80. The lowest BCUT2D eigenvalue weighted by atomic mass is 9.90. The van der Waals surface area contributed by atoms with Crippen LogP contribution in [0.4, 0.5) is 0 Å². The van der Waals surface area contributed by atoms with Gasteiger partial charge in [0, 0.05) is 13.7 Å². The Balaban J connectivity index is 2.34. The molecule has 1 unspecified atom stereocenters. The maximum absolute atomic E-state index is 6.02. The average molecular weight is 293 g/mol. The zero-order valence-electron chi connectivity index (χ0n) is 13.0. The van der Waals surface area contributed by atoms with Crippen LogP contribution in [0, 0.1) is 0 Å². The summed E-state index contributed by atoms with van der Waals surface area (Å²) < 4.78 is 15.8. The van der Waals surface area contributed by atoms with E-state index < -0.39 is 0 Å². The van der Waals surface area contributed by atoms with Gasteiger partial charge < -0.3 is 24.8 Å². The van der Waals surface area contributed by atoms with Crippen LogP contribution in [0.1, 0.15) is 12.5 Å². The minimum atomic E-state index is -0.303. The van der Waals surface area contributed by atoms with E-state index in [1.165, 1.54) is 0 Å². The van der Waals surface area contributed by atoms with E-state index >= 15 is 0 Å². The summed E-state index contributed by atoms with van der Waals surface area (Å²) in [4.78, 5) is 6.46. The van der Waals surface area contributed by atoms with Crippen molar-refractivity contribution in [3.8, 4) is 11.5 Å². The molecule has 0 radical (unpaired) electrons. The van der Waals surface area contributed by atoms with Gasteiger partial charge in [-0.1, -0.05) is 6.07 Å². The smallest absolute Gasteiger partial charge is 0.192 e. The predicted octanol–water partition coefficient (Wildman–Crippen LogP) is 1.20. The number of nitrogens with zero attached hydrogens (tertiary/aromatic N) is 2. The van der Waals surface area contributed by atoms with Gasteiger partial charge >= 0.3 is 0 Å². The van der Waals surface area contributed by atoms with Crippen LogP contribution in [0.3, 0.4) is 0 Å². The van der Waals surface area contributed by atoms with Crippen molar-refractivity contribution in [1.82, 2.24) is 4.90 Å². The third kappa shape index (κ3) is 2.76. The highest BCUT2D eigenvalue weighted by Crippen LogP contribution is 2.37. The van der Waals surface area contributed by atoms with Crippen molar-refractivity contribution in [2.24, 2.45) is 10.7 Å². The summed E-state index contributed by atoms with van der Waals surface area (Å²) in [6, 6.07) is 5.91. The van der Waals surface area contributed by atoms with Gasteiger partial charge in [-0.3, -0.25) is 4.99 Å². The number of benzene rings is 1. The number of rotatable bonds is 6. The van der Waals surface area contributed by atoms with Crippen LogP contribution in [-0.4, -0.2) is 51.9 Å². The molecule has 1 aromatic carbocycles. The second-order valence-corrected chi connectivity index (χ2v) is 5.16. The summed E-state index contributed by atoms with van der Waals surface area (Å²) in [6.07, 6.45) is 0. The zero-order valence-corrected chi connectivity index (χ0v) is 13.0. The molecule has 6 heteroatoms. The first-order valence-electron chi connectivity index (χ1n) is 6.86. The maximum atomic E-state index is 6.02. The summed E-state index contributed by atoms with van der Waals surface area (Å²) in [7, 11) is 4.93. The molecular weight excluding hydrogens is 270 g/mol. The molecule has 21 heavy (non-hydrogen) atoms. The summed E-state index contributed by atoms with van der Waals surface area (Å²) >= 11 is 0. The molecule has 1 aliphatic heterocycles. The predicted molar refractivity (Wildman–Crippen MR) is 82.0 cm³/mol. The Morgan fingerprint density at radius 2 is 1.95 bits per heavy atom. The highest BCUT2D eigenvalue weighted by atomic mass is 16.5. The van der Waals surface area contributed by atoms with Crippen LogP contribution in [0.25, 0.3) is 0 Å². The minimum Gasteiger partial charge on any atom is -0.493 e. The monoisotopic (exact) mass is 293 g/mol. The molecule has 1 aliphatic rings. The van der Waals surface area contributed by atoms with Gasteiger partial charge in [-0.05, 0) is 24.6 Å². The third-order valence-electron chi connectivity index (χ3n) is 3.95. The van der Waals surface area contributed by atoms with Crippen LogP contribution < -0.4 is 15.2 Å². The number of methoxy groups -OCH3 is 3. The normalized spacial score (nSPS) is 21.3. The lowest BCUT2D eigenvalue weighted by Crippen LogP contribution is -2.48. The molecule has 1 aromatic rings. The van der Waals surface area contributed by atoms with Crippen molar-refractivity contribution >= 4 is 5.96 Å². The molecule has 2 N–H and O–H groups in total. The van der Waals surface area contributed by atoms with Gasteiger partial charge in [0.1, 0.15) is 0 Å². The number of aliphatic imine (C=N–C) groups is 1. The highest BCUT2D eigenvalue weighted by molar-refractivity contribution is 5.81. The fourth-order valence-corrected chi connectivity index (χ4v) is 2.62. The van der Waals surface area contributed by atoms with Crippen LogP contribution in [0.15, 0.2) is 23.2 Å². The van der Waals surface area contributed by atoms with Crippen molar-refractivity contribution in [2.45, 2.75) is 12.5 Å². The van der Waals surface area contributed by atoms with Crippen LogP contribution >= 0.6 is 0 Å². The van der Waals surface area contributed by atoms with Crippen molar-refractivity contribution in [3.05, 3.63) is 23.8 Å². The molecule has 0 spiro atoms. The lowest BCUT2D eigenvalue weighted by molar-refractivity contribution is 0.137. The average Bonchev–Trinajstić information content (AvgIpc) is 2.80. The molecule has 1 heterocycles. The van der Waals surface area contributed by atoms with Crippen molar-refractivity contribution in [1.29, 1.82) is 0 Å². The van der Waals surface area contributed by atoms with Gasteiger partial charge in [-0.15, -0.1) is 0 Å². The van der Waals surface area contributed by atoms with Gasteiger partial charge in [0.2, 0.25) is 0 Å². The van der Waals surface area contributed by atoms with Gasteiger partial charge in [0.15, 0.2) is 17.5 Å². The Kier molecular flexibility index (Phi) is 4.57. The standard InChI is InChI=1S/C15H23N3O3/c1-15(10-17-14(16)18(15)7-8-19-2)11-5-6-12(20-3)13(9-11)21-4/h5-6,9H,7-8,10H2,1-4H3,(H2,16,17). The Hall–Kier alpha value is -1.95. The third-order valence-corrected chi connectivity index (χ3v) is 3.95. The minimum absolute atomic E-state index is 0.303. The molecule has 0 amide bonds. The molecule has 0 fully saturated rings. The van der Waals surface area contributed by atoms with E-state index in [9.17, 15) is 0 Å². The quantitative estimate of drug-likeness (QED) is 0.853. The largest absolute Gasteiger partial charge is 0.493 e. The van der Waals surface area contributed by atoms with E-state index in [4.69, 9.17) is 19.9 Å². The summed E-state index contributed by atoms with van der Waals surface area (Å²) in [6.45, 7) is 4.01. The molecule has 6 nitrogen and oxygen atoms in total. The van der Waals surface area contributed by atoms with E-state index in [1.807, 2.05) is 18.2 Å². The number of hydrogen-bond acceptors (Lipinski definition) is 6. The van der Waals surface area contributed by atoms with Gasteiger partial charge in [0.05, 0.1) is 32.9 Å². The van der Waals surface area contributed by atoms with E-state index in [0.29, 0.717) is 37.2 Å². The van der Waals surface area contributed by atoms with Crippen molar-refractivity contribution in [3.63, 3.8) is 0 Å². The first-order valence-corrected chi connectivity index (χ1v) is 6.86. The highest BCUT2D eigenvalue weighted by Gasteiger charge is 2.39. The second kappa shape index (κ2) is 6.22. The molecule has 0 saturated carbocycles. The SMILES string of the molecule is COCCN1C(N)=NCC1(C)c1ccc(OC)c(OC)c1. The van der Waals surface area contributed by atoms with Crippen LogP contribution in [-0.2, 0) is 10.3 Å². The van der Waals surface area contributed by atoms with Crippen LogP contribution in [0.2, 0.25) is 0 Å². The molecule has 2 rings (SSSR count). The van der Waals surface area contributed by atoms with Gasteiger partial charge in [-0.2, -0.15) is 0 Å². The second-order valence-electron chi connectivity index (χ2n) is 5.16. The Bertz CT molecular complexity index is 533. The van der Waals surface area contributed by atoms with Crippen LogP contribution in [0.5, 0.6) is 11.5 Å². The van der Waals surface area contributed by atoms with E-state index in [1.54, 1.807) is 21.3 Å². The number of ether oxygens (including phenoxy) is 3. The molecular formula is C15H23N3O3. The first-order chi connectivity index (χ1) is 10.1. The van der Waals surface area contributed by atoms with Gasteiger partial charge in [-0.25, -0.2) is 0 Å². The van der Waals surface area contributed by atoms with Crippen molar-refractivity contribution in [2.75, 3.05) is 41.0 Å². The fraction of sp³-hybridized carbons (Fsp3) is 0.533. The Morgan fingerprint density at radius 1 is 1.24 bits per heavy atom. The number of nitrogens with two attached hydrogens (primary N) is 1. The topological polar surface area (TPSA) is 69.3 Å². The van der Waals surface area contributed by atoms with E-state index in [0.717, 1.165) is 5.56 Å². The number of guanidine groups is 1. The first kappa shape index (κ1) is 15.4.